The smallest absolute Gasteiger partial charge is 0.418 e. The Hall–Kier alpha value is -4.12. The molecule has 41 heavy (non-hydrogen) atoms. The van der Waals surface area contributed by atoms with Gasteiger partial charge in [0.1, 0.15) is 11.6 Å². The number of anilines is 2. The number of carbonyl (C=O) groups excluding carboxylic acids is 2. The highest BCUT2D eigenvalue weighted by Gasteiger charge is 2.35. The fourth-order valence-corrected chi connectivity index (χ4v) is 5.20. The number of halogens is 3. The first-order valence-electron chi connectivity index (χ1n) is 13.5. The summed E-state index contributed by atoms with van der Waals surface area (Å²) in [7, 11) is 1.61. The van der Waals surface area contributed by atoms with E-state index in [1.807, 2.05) is 29.2 Å². The molecule has 2 amide bonds. The van der Waals surface area contributed by atoms with Gasteiger partial charge < -0.3 is 24.6 Å². The zero-order chi connectivity index (χ0) is 29.0. The van der Waals surface area contributed by atoms with Crippen LogP contribution in [0.5, 0.6) is 5.75 Å². The van der Waals surface area contributed by atoms with E-state index in [4.69, 9.17) is 9.47 Å². The average Bonchev–Trinajstić information content (AvgIpc) is 3.01. The van der Waals surface area contributed by atoms with E-state index in [0.29, 0.717) is 45.2 Å². The normalized spacial score (nSPS) is 16.4. The van der Waals surface area contributed by atoms with Crippen molar-refractivity contribution in [2.45, 2.75) is 24.9 Å². The third-order valence-electron chi connectivity index (χ3n) is 7.53. The third-order valence-corrected chi connectivity index (χ3v) is 7.53. The van der Waals surface area contributed by atoms with E-state index in [1.165, 1.54) is 12.3 Å². The van der Waals surface area contributed by atoms with Crippen LogP contribution in [0, 0.1) is 0 Å². The van der Waals surface area contributed by atoms with E-state index in [-0.39, 0.29) is 23.0 Å². The second-order valence-corrected chi connectivity index (χ2v) is 10.1. The molecule has 0 radical (unpaired) electrons. The Morgan fingerprint density at radius 1 is 0.951 bits per heavy atom. The van der Waals surface area contributed by atoms with Gasteiger partial charge >= 0.3 is 6.18 Å². The average molecular weight is 569 g/mol. The Morgan fingerprint density at radius 3 is 2.24 bits per heavy atom. The van der Waals surface area contributed by atoms with Crippen molar-refractivity contribution in [3.8, 4) is 5.75 Å². The van der Waals surface area contributed by atoms with E-state index in [9.17, 15) is 22.8 Å². The molecule has 0 spiro atoms. The quantitative estimate of drug-likeness (QED) is 0.439. The number of hydrogen-bond donors (Lipinski definition) is 1. The largest absolute Gasteiger partial charge is 0.497 e. The second kappa shape index (κ2) is 12.2. The summed E-state index contributed by atoms with van der Waals surface area (Å²) in [5.41, 5.74) is -0.161. The Morgan fingerprint density at radius 2 is 1.63 bits per heavy atom. The van der Waals surface area contributed by atoms with E-state index in [0.717, 1.165) is 42.4 Å². The monoisotopic (exact) mass is 568 g/mol. The van der Waals surface area contributed by atoms with Crippen LogP contribution in [0.25, 0.3) is 0 Å². The highest BCUT2D eigenvalue weighted by molar-refractivity contribution is 6.05. The first-order chi connectivity index (χ1) is 19.7. The highest BCUT2D eigenvalue weighted by Crippen LogP contribution is 2.36. The molecule has 0 bridgehead atoms. The molecule has 2 aromatic carbocycles. The molecule has 11 heteroatoms. The number of nitrogens with one attached hydrogen (secondary N) is 1. The van der Waals surface area contributed by atoms with Gasteiger partial charge in [-0.2, -0.15) is 13.2 Å². The van der Waals surface area contributed by atoms with Crippen molar-refractivity contribution in [1.82, 2.24) is 9.88 Å². The molecular formula is C30H31F3N4O4. The molecule has 2 fully saturated rings. The zero-order valence-electron chi connectivity index (χ0n) is 22.6. The lowest BCUT2D eigenvalue weighted by Gasteiger charge is -2.32. The fourth-order valence-electron chi connectivity index (χ4n) is 5.20. The molecule has 1 aromatic heterocycles. The number of alkyl halides is 3. The Labute approximate surface area is 236 Å². The van der Waals surface area contributed by atoms with Gasteiger partial charge in [-0.1, -0.05) is 12.1 Å². The minimum absolute atomic E-state index is 0.0805. The number of methoxy groups -OCH3 is 1. The summed E-state index contributed by atoms with van der Waals surface area (Å²) in [4.78, 5) is 34.1. The Bertz CT molecular complexity index is 1370. The molecule has 2 aliphatic heterocycles. The summed E-state index contributed by atoms with van der Waals surface area (Å²) in [6.45, 7) is 3.40. The molecule has 3 heterocycles. The standard InChI is InChI=1S/C30H31F3N4O4/c1-40-24-6-2-20(3-7-24)21-10-12-37(13-11-21)29(39)22-4-8-25(30(31,32)33)26(18-22)35-28(38)23-5-9-27(34-19-23)36-14-16-41-17-15-36/h2-9,18-19,21H,10-17H2,1H3,(H,35,38). The van der Waals surface area contributed by atoms with Gasteiger partial charge in [0.15, 0.2) is 0 Å². The summed E-state index contributed by atoms with van der Waals surface area (Å²) >= 11 is 0. The van der Waals surface area contributed by atoms with Crippen LogP contribution in [-0.2, 0) is 10.9 Å². The molecule has 0 atom stereocenters. The van der Waals surface area contributed by atoms with Crippen LogP contribution in [0.15, 0.2) is 60.8 Å². The van der Waals surface area contributed by atoms with Crippen LogP contribution in [-0.4, -0.2) is 68.2 Å². The SMILES string of the molecule is COc1ccc(C2CCN(C(=O)c3ccc(C(F)(F)F)c(NC(=O)c4ccc(N5CCOCC5)nc4)c3)CC2)cc1. The number of morpholine rings is 1. The van der Waals surface area contributed by atoms with Crippen LogP contribution in [0.1, 0.15) is 50.6 Å². The van der Waals surface area contributed by atoms with E-state index < -0.39 is 23.3 Å². The summed E-state index contributed by atoms with van der Waals surface area (Å²) < 4.78 is 52.0. The molecule has 2 saturated heterocycles. The van der Waals surface area contributed by atoms with Gasteiger partial charge in [-0.15, -0.1) is 0 Å². The van der Waals surface area contributed by atoms with E-state index in [1.54, 1.807) is 18.1 Å². The first kappa shape index (κ1) is 28.4. The number of aromatic nitrogens is 1. The highest BCUT2D eigenvalue weighted by atomic mass is 19.4. The van der Waals surface area contributed by atoms with Crippen LogP contribution in [0.2, 0.25) is 0 Å². The number of hydrogen-bond acceptors (Lipinski definition) is 6. The van der Waals surface area contributed by atoms with Crippen LogP contribution < -0.4 is 15.0 Å². The van der Waals surface area contributed by atoms with Crippen molar-refractivity contribution >= 4 is 23.3 Å². The number of benzene rings is 2. The molecule has 1 N–H and O–H groups in total. The van der Waals surface area contributed by atoms with Crippen molar-refractivity contribution < 1.29 is 32.2 Å². The van der Waals surface area contributed by atoms with Crippen LogP contribution >= 0.6 is 0 Å². The van der Waals surface area contributed by atoms with Crippen LogP contribution in [0.3, 0.4) is 0 Å². The number of rotatable bonds is 6. The molecule has 216 valence electrons. The predicted molar refractivity (Wildman–Crippen MR) is 148 cm³/mol. The van der Waals surface area contributed by atoms with Gasteiger partial charge in [0.2, 0.25) is 0 Å². The molecule has 0 aliphatic carbocycles. The molecule has 0 saturated carbocycles. The van der Waals surface area contributed by atoms with Gasteiger partial charge in [-0.05, 0) is 66.8 Å². The first-order valence-corrected chi connectivity index (χ1v) is 13.5. The number of piperidine rings is 1. The minimum Gasteiger partial charge on any atom is -0.497 e. The maximum atomic E-state index is 13.8. The van der Waals surface area contributed by atoms with E-state index in [2.05, 4.69) is 10.3 Å². The van der Waals surface area contributed by atoms with Gasteiger partial charge in [0.05, 0.1) is 37.1 Å². The lowest BCUT2D eigenvalue weighted by atomic mass is 9.89. The molecule has 2 aliphatic rings. The van der Waals surface area contributed by atoms with Crippen molar-refractivity contribution in [2.75, 3.05) is 56.7 Å². The number of likely N-dealkylation sites (tertiary alicyclic amines) is 1. The van der Waals surface area contributed by atoms with Crippen LogP contribution in [0.4, 0.5) is 24.7 Å². The lowest BCUT2D eigenvalue weighted by molar-refractivity contribution is -0.136. The Kier molecular flexibility index (Phi) is 8.44. The van der Waals surface area contributed by atoms with Gasteiger partial charge in [0, 0.05) is 37.9 Å². The summed E-state index contributed by atoms with van der Waals surface area (Å²) in [6, 6.07) is 14.1. The Balaban J connectivity index is 1.28. The van der Waals surface area contributed by atoms with Crippen molar-refractivity contribution in [3.63, 3.8) is 0 Å². The fraction of sp³-hybridized carbons (Fsp3) is 0.367. The maximum Gasteiger partial charge on any atom is 0.418 e. The summed E-state index contributed by atoms with van der Waals surface area (Å²) in [5, 5.41) is 2.35. The lowest BCUT2D eigenvalue weighted by Crippen LogP contribution is -2.38. The number of amides is 2. The van der Waals surface area contributed by atoms with Gasteiger partial charge in [-0.3, -0.25) is 9.59 Å². The maximum absolute atomic E-state index is 13.8. The second-order valence-electron chi connectivity index (χ2n) is 10.1. The molecule has 5 rings (SSSR count). The van der Waals surface area contributed by atoms with Gasteiger partial charge in [0.25, 0.3) is 11.8 Å². The van der Waals surface area contributed by atoms with Gasteiger partial charge in [-0.25, -0.2) is 4.98 Å². The zero-order valence-corrected chi connectivity index (χ0v) is 22.6. The minimum atomic E-state index is -4.72. The molecular weight excluding hydrogens is 537 g/mol. The topological polar surface area (TPSA) is 84.0 Å². The number of ether oxygens (including phenoxy) is 2. The number of pyridine rings is 1. The van der Waals surface area contributed by atoms with E-state index >= 15 is 0 Å². The third kappa shape index (κ3) is 6.62. The predicted octanol–water partition coefficient (Wildman–Crippen LogP) is 5.22. The molecule has 3 aromatic rings. The van der Waals surface area contributed by atoms with Crippen molar-refractivity contribution in [2.24, 2.45) is 0 Å². The summed E-state index contributed by atoms with van der Waals surface area (Å²) in [5.74, 6) is 0.577. The molecule has 8 nitrogen and oxygen atoms in total. The molecule has 0 unspecified atom stereocenters. The number of nitrogens with zero attached hydrogens (tertiary/aromatic N) is 3. The summed E-state index contributed by atoms with van der Waals surface area (Å²) in [6.07, 6.45) is -1.93. The number of carbonyl (C=O) groups is 2. The van der Waals surface area contributed by atoms with Crippen molar-refractivity contribution in [1.29, 1.82) is 0 Å². The van der Waals surface area contributed by atoms with Crippen molar-refractivity contribution in [3.05, 3.63) is 83.0 Å².